The Hall–Kier alpha value is -0.650. The van der Waals surface area contributed by atoms with Crippen LogP contribution in [0.2, 0.25) is 0 Å². The third kappa shape index (κ3) is 4.44. The quantitative estimate of drug-likeness (QED) is 0.912. The molecule has 1 fully saturated rings. The van der Waals surface area contributed by atoms with Crippen LogP contribution in [0.5, 0.6) is 0 Å². The first-order valence-corrected chi connectivity index (χ1v) is 6.77. The molecular formula is C13H26ClN5. The Labute approximate surface area is 122 Å². The predicted octanol–water partition coefficient (Wildman–Crippen LogP) is 1.50. The van der Waals surface area contributed by atoms with Crippen LogP contribution in [0.25, 0.3) is 0 Å². The SMILES string of the molecule is CNCC1CCN(Cc2cn(C(C)(C)C)nn2)C1.Cl. The van der Waals surface area contributed by atoms with Gasteiger partial charge < -0.3 is 5.32 Å². The van der Waals surface area contributed by atoms with E-state index in [4.69, 9.17) is 0 Å². The molecule has 110 valence electrons. The zero-order valence-corrected chi connectivity index (χ0v) is 13.2. The standard InChI is InChI=1S/C13H25N5.ClH/c1-13(2,3)18-10-12(15-16-18)9-17-6-5-11(8-17)7-14-4;/h10-11,14H,5-9H2,1-4H3;1H. The van der Waals surface area contributed by atoms with Gasteiger partial charge in [-0.15, -0.1) is 17.5 Å². The van der Waals surface area contributed by atoms with Gasteiger partial charge in [0.15, 0.2) is 0 Å². The molecule has 0 saturated carbocycles. The van der Waals surface area contributed by atoms with E-state index in [2.05, 4.69) is 47.5 Å². The van der Waals surface area contributed by atoms with E-state index >= 15 is 0 Å². The van der Waals surface area contributed by atoms with Crippen molar-refractivity contribution in [3.8, 4) is 0 Å². The minimum atomic E-state index is 0. The van der Waals surface area contributed by atoms with Crippen molar-refractivity contribution in [3.05, 3.63) is 11.9 Å². The Balaban J connectivity index is 0.00000180. The Bertz CT molecular complexity index is 385. The monoisotopic (exact) mass is 287 g/mol. The largest absolute Gasteiger partial charge is 0.319 e. The topological polar surface area (TPSA) is 46.0 Å². The highest BCUT2D eigenvalue weighted by atomic mass is 35.5. The van der Waals surface area contributed by atoms with E-state index in [9.17, 15) is 0 Å². The van der Waals surface area contributed by atoms with Gasteiger partial charge in [0.05, 0.1) is 17.4 Å². The van der Waals surface area contributed by atoms with Crippen molar-refractivity contribution in [2.24, 2.45) is 5.92 Å². The van der Waals surface area contributed by atoms with Gasteiger partial charge in [0.1, 0.15) is 0 Å². The molecule has 1 unspecified atom stereocenters. The molecule has 5 nitrogen and oxygen atoms in total. The Morgan fingerprint density at radius 2 is 2.16 bits per heavy atom. The molecule has 19 heavy (non-hydrogen) atoms. The molecule has 0 spiro atoms. The second-order valence-corrected chi connectivity index (χ2v) is 6.27. The molecule has 1 aromatic rings. The third-order valence-electron chi connectivity index (χ3n) is 3.48. The maximum Gasteiger partial charge on any atom is 0.0967 e. The van der Waals surface area contributed by atoms with Gasteiger partial charge >= 0.3 is 0 Å². The van der Waals surface area contributed by atoms with Gasteiger partial charge in [0.2, 0.25) is 0 Å². The number of rotatable bonds is 4. The molecule has 1 atom stereocenters. The van der Waals surface area contributed by atoms with Crippen molar-refractivity contribution in [3.63, 3.8) is 0 Å². The average molecular weight is 288 g/mol. The lowest BCUT2D eigenvalue weighted by atomic mass is 10.1. The average Bonchev–Trinajstić information content (AvgIpc) is 2.88. The second-order valence-electron chi connectivity index (χ2n) is 6.27. The summed E-state index contributed by atoms with van der Waals surface area (Å²) in [5, 5.41) is 11.7. The van der Waals surface area contributed by atoms with Crippen LogP contribution < -0.4 is 5.32 Å². The molecule has 1 N–H and O–H groups in total. The van der Waals surface area contributed by atoms with Crippen molar-refractivity contribution in [2.75, 3.05) is 26.7 Å². The van der Waals surface area contributed by atoms with Gasteiger partial charge in [-0.25, -0.2) is 4.68 Å². The maximum atomic E-state index is 4.27. The number of halogens is 1. The Kier molecular flexibility index (Phi) is 5.77. The van der Waals surface area contributed by atoms with Crippen molar-refractivity contribution < 1.29 is 0 Å². The van der Waals surface area contributed by atoms with Crippen molar-refractivity contribution in [2.45, 2.75) is 39.3 Å². The van der Waals surface area contributed by atoms with Gasteiger partial charge in [-0.05, 0) is 53.2 Å². The lowest BCUT2D eigenvalue weighted by molar-refractivity contribution is 0.311. The van der Waals surface area contributed by atoms with E-state index < -0.39 is 0 Å². The van der Waals surface area contributed by atoms with Crippen LogP contribution in [0.3, 0.4) is 0 Å². The fourth-order valence-corrected chi connectivity index (χ4v) is 2.44. The van der Waals surface area contributed by atoms with E-state index in [-0.39, 0.29) is 17.9 Å². The summed E-state index contributed by atoms with van der Waals surface area (Å²) in [4.78, 5) is 2.47. The van der Waals surface area contributed by atoms with E-state index in [0.717, 1.165) is 24.7 Å². The van der Waals surface area contributed by atoms with E-state index in [1.165, 1.54) is 19.5 Å². The lowest BCUT2D eigenvalue weighted by Crippen LogP contribution is -2.24. The van der Waals surface area contributed by atoms with Gasteiger partial charge in [0.25, 0.3) is 0 Å². The summed E-state index contributed by atoms with van der Waals surface area (Å²) in [6.45, 7) is 10.8. The molecule has 6 heteroatoms. The van der Waals surface area contributed by atoms with Crippen LogP contribution in [-0.4, -0.2) is 46.6 Å². The Morgan fingerprint density at radius 3 is 2.74 bits per heavy atom. The first-order chi connectivity index (χ1) is 8.49. The summed E-state index contributed by atoms with van der Waals surface area (Å²) in [7, 11) is 2.03. The van der Waals surface area contributed by atoms with Gasteiger partial charge in [-0.3, -0.25) is 4.90 Å². The zero-order valence-electron chi connectivity index (χ0n) is 12.4. The molecule has 2 rings (SSSR count). The molecule has 0 aromatic carbocycles. The van der Waals surface area contributed by atoms with E-state index in [1.807, 2.05) is 11.7 Å². The summed E-state index contributed by atoms with van der Waals surface area (Å²) >= 11 is 0. The second kappa shape index (κ2) is 6.68. The summed E-state index contributed by atoms with van der Waals surface area (Å²) in [6.07, 6.45) is 3.36. The highest BCUT2D eigenvalue weighted by Crippen LogP contribution is 2.18. The number of aromatic nitrogens is 3. The highest BCUT2D eigenvalue weighted by molar-refractivity contribution is 5.85. The molecule has 0 radical (unpaired) electrons. The number of nitrogens with zero attached hydrogens (tertiary/aromatic N) is 4. The van der Waals surface area contributed by atoms with Crippen LogP contribution in [0.1, 0.15) is 32.9 Å². The van der Waals surface area contributed by atoms with E-state index in [1.54, 1.807) is 0 Å². The number of likely N-dealkylation sites (tertiary alicyclic amines) is 1. The third-order valence-corrected chi connectivity index (χ3v) is 3.48. The molecular weight excluding hydrogens is 262 g/mol. The predicted molar refractivity (Wildman–Crippen MR) is 79.6 cm³/mol. The molecule has 1 aliphatic rings. The van der Waals surface area contributed by atoms with E-state index in [0.29, 0.717) is 0 Å². The normalized spacial score (nSPS) is 20.5. The van der Waals surface area contributed by atoms with Gasteiger partial charge in [-0.2, -0.15) is 0 Å². The molecule has 1 saturated heterocycles. The van der Waals surface area contributed by atoms with Gasteiger partial charge in [-0.1, -0.05) is 5.21 Å². The van der Waals surface area contributed by atoms with Crippen molar-refractivity contribution >= 4 is 12.4 Å². The lowest BCUT2D eigenvalue weighted by Gasteiger charge is -2.17. The summed E-state index contributed by atoms with van der Waals surface area (Å²) in [6, 6.07) is 0. The molecule has 0 aliphatic carbocycles. The van der Waals surface area contributed by atoms with Crippen LogP contribution in [0, 0.1) is 5.92 Å². The first kappa shape index (κ1) is 16.4. The van der Waals surface area contributed by atoms with Crippen LogP contribution in [0.4, 0.5) is 0 Å². The molecule has 2 heterocycles. The zero-order chi connectivity index (χ0) is 13.2. The fraction of sp³-hybridized carbons (Fsp3) is 0.846. The molecule has 1 aliphatic heterocycles. The number of hydrogen-bond donors (Lipinski definition) is 1. The first-order valence-electron chi connectivity index (χ1n) is 6.77. The number of nitrogens with one attached hydrogen (secondary N) is 1. The van der Waals surface area contributed by atoms with Gasteiger partial charge in [0, 0.05) is 13.1 Å². The minimum Gasteiger partial charge on any atom is -0.319 e. The highest BCUT2D eigenvalue weighted by Gasteiger charge is 2.23. The van der Waals surface area contributed by atoms with Crippen LogP contribution in [-0.2, 0) is 12.1 Å². The minimum absolute atomic E-state index is 0. The molecule has 0 amide bonds. The van der Waals surface area contributed by atoms with Crippen molar-refractivity contribution in [1.29, 1.82) is 0 Å². The van der Waals surface area contributed by atoms with Crippen molar-refractivity contribution in [1.82, 2.24) is 25.2 Å². The summed E-state index contributed by atoms with van der Waals surface area (Å²) in [5.41, 5.74) is 1.10. The van der Waals surface area contributed by atoms with Crippen LogP contribution in [0.15, 0.2) is 6.20 Å². The number of hydrogen-bond acceptors (Lipinski definition) is 4. The van der Waals surface area contributed by atoms with Crippen LogP contribution >= 0.6 is 12.4 Å². The summed E-state index contributed by atoms with van der Waals surface area (Å²) in [5.74, 6) is 0.785. The molecule has 1 aromatic heterocycles. The molecule has 0 bridgehead atoms. The maximum absolute atomic E-state index is 4.27. The summed E-state index contributed by atoms with van der Waals surface area (Å²) < 4.78 is 1.95. The Morgan fingerprint density at radius 1 is 1.42 bits per heavy atom. The fourth-order valence-electron chi connectivity index (χ4n) is 2.44. The smallest absolute Gasteiger partial charge is 0.0967 e.